The van der Waals surface area contributed by atoms with Gasteiger partial charge in [0.1, 0.15) is 0 Å². The maximum absolute atomic E-state index is 12.8. The summed E-state index contributed by atoms with van der Waals surface area (Å²) in [5.74, 6) is 1.29. The Morgan fingerprint density at radius 1 is 0.969 bits per heavy atom. The van der Waals surface area contributed by atoms with E-state index in [1.807, 2.05) is 11.4 Å². The van der Waals surface area contributed by atoms with Gasteiger partial charge < -0.3 is 16.4 Å². The molecule has 5 nitrogen and oxygen atoms in total. The second-order valence-corrected chi connectivity index (χ2v) is 10.7. The Morgan fingerprint density at radius 3 is 2.28 bits per heavy atom. The van der Waals surface area contributed by atoms with Crippen molar-refractivity contribution in [1.29, 1.82) is 0 Å². The number of rotatable bonds is 6. The Kier molecular flexibility index (Phi) is 7.87. The largest absolute Gasteiger partial charge is 0.349 e. The van der Waals surface area contributed by atoms with E-state index in [0.29, 0.717) is 27.2 Å². The zero-order valence-corrected chi connectivity index (χ0v) is 19.9. The highest BCUT2D eigenvalue weighted by Gasteiger charge is 2.27. The maximum Gasteiger partial charge on any atom is 0.265 e. The van der Waals surface area contributed by atoms with Crippen LogP contribution in [-0.4, -0.2) is 23.9 Å². The van der Waals surface area contributed by atoms with Crippen molar-refractivity contribution in [2.24, 2.45) is 17.6 Å². The maximum atomic E-state index is 12.8. The quantitative estimate of drug-likeness (QED) is 0.492. The van der Waals surface area contributed by atoms with Gasteiger partial charge in [-0.25, -0.2) is 0 Å². The fraction of sp³-hybridized carbons (Fsp3) is 0.520. The van der Waals surface area contributed by atoms with Crippen LogP contribution >= 0.6 is 22.9 Å². The number of thiophene rings is 1. The average Bonchev–Trinajstić information content (AvgIpc) is 3.32. The first-order valence-corrected chi connectivity index (χ1v) is 12.9. The van der Waals surface area contributed by atoms with Gasteiger partial charge in [-0.05, 0) is 99.3 Å². The summed E-state index contributed by atoms with van der Waals surface area (Å²) < 4.78 is 0. The molecule has 4 rings (SSSR count). The van der Waals surface area contributed by atoms with Gasteiger partial charge in [-0.2, -0.15) is 0 Å². The molecule has 0 bridgehead atoms. The first-order valence-electron chi connectivity index (χ1n) is 11.7. The van der Waals surface area contributed by atoms with Crippen molar-refractivity contribution in [2.75, 3.05) is 5.32 Å². The minimum Gasteiger partial charge on any atom is -0.349 e. The number of carbonyl (C=O) groups is 2. The summed E-state index contributed by atoms with van der Waals surface area (Å²) in [5.41, 5.74) is 7.06. The standard InChI is InChI=1S/C25H32ClN3O2S/c26-22-15-20(29-25(31)23-2-1-13-32-23)11-12-21(22)24(30)28-19-9-5-17(6-10-19)14-16-3-7-18(27)8-4-16/h1-2,11-13,15-19H,3-10,14,27H2,(H,28,30)(H,29,31). The number of amides is 2. The summed E-state index contributed by atoms with van der Waals surface area (Å²) in [6.07, 6.45) is 10.6. The molecule has 1 heterocycles. The molecular weight excluding hydrogens is 442 g/mol. The lowest BCUT2D eigenvalue weighted by Gasteiger charge is -2.33. The molecule has 0 unspecified atom stereocenters. The normalized spacial score (nSPS) is 25.8. The third kappa shape index (κ3) is 6.12. The van der Waals surface area contributed by atoms with Crippen LogP contribution in [0.1, 0.15) is 77.8 Å². The fourth-order valence-corrected chi connectivity index (χ4v) is 5.96. The lowest BCUT2D eigenvalue weighted by Crippen LogP contribution is -2.38. The molecule has 2 aliphatic carbocycles. The van der Waals surface area contributed by atoms with Crippen LogP contribution in [-0.2, 0) is 0 Å². The van der Waals surface area contributed by atoms with Crippen LogP contribution in [0, 0.1) is 11.8 Å². The number of carbonyl (C=O) groups excluding carboxylic acids is 2. The highest BCUT2D eigenvalue weighted by Crippen LogP contribution is 2.35. The smallest absolute Gasteiger partial charge is 0.265 e. The summed E-state index contributed by atoms with van der Waals surface area (Å²) in [7, 11) is 0. The Hall–Kier alpha value is -1.89. The predicted molar refractivity (Wildman–Crippen MR) is 131 cm³/mol. The van der Waals surface area contributed by atoms with Gasteiger partial charge in [0.15, 0.2) is 0 Å². The van der Waals surface area contributed by atoms with Crippen LogP contribution in [0.5, 0.6) is 0 Å². The number of anilines is 1. The van der Waals surface area contributed by atoms with Gasteiger partial charge in [-0.15, -0.1) is 11.3 Å². The minimum atomic E-state index is -0.180. The van der Waals surface area contributed by atoms with Crippen molar-refractivity contribution in [2.45, 2.75) is 69.9 Å². The lowest BCUT2D eigenvalue weighted by molar-refractivity contribution is 0.0918. The molecule has 1 aromatic carbocycles. The molecular formula is C25H32ClN3O2S. The van der Waals surface area contributed by atoms with E-state index in [0.717, 1.165) is 24.7 Å². The fourth-order valence-electron chi connectivity index (χ4n) is 5.08. The molecule has 1 aromatic heterocycles. The van der Waals surface area contributed by atoms with Gasteiger partial charge in [-0.3, -0.25) is 9.59 Å². The number of benzene rings is 1. The molecule has 0 radical (unpaired) electrons. The van der Waals surface area contributed by atoms with E-state index in [2.05, 4.69) is 10.6 Å². The first-order chi connectivity index (χ1) is 15.5. The average molecular weight is 474 g/mol. The van der Waals surface area contributed by atoms with Crippen molar-refractivity contribution in [1.82, 2.24) is 5.32 Å². The minimum absolute atomic E-state index is 0.143. The van der Waals surface area contributed by atoms with Gasteiger partial charge in [0, 0.05) is 17.8 Å². The molecule has 0 spiro atoms. The number of nitrogens with one attached hydrogen (secondary N) is 2. The summed E-state index contributed by atoms with van der Waals surface area (Å²) in [4.78, 5) is 25.6. The van der Waals surface area contributed by atoms with Gasteiger partial charge in [0.05, 0.1) is 15.5 Å². The summed E-state index contributed by atoms with van der Waals surface area (Å²) in [5, 5.41) is 8.18. The molecule has 7 heteroatoms. The molecule has 0 aliphatic heterocycles. The molecule has 0 atom stereocenters. The number of nitrogens with two attached hydrogens (primary N) is 1. The van der Waals surface area contributed by atoms with Crippen molar-refractivity contribution in [3.05, 3.63) is 51.2 Å². The predicted octanol–water partition coefficient (Wildman–Crippen LogP) is 5.85. The molecule has 172 valence electrons. The molecule has 2 aliphatic rings. The van der Waals surface area contributed by atoms with Gasteiger partial charge in [-0.1, -0.05) is 17.7 Å². The zero-order valence-electron chi connectivity index (χ0n) is 18.3. The van der Waals surface area contributed by atoms with Crippen molar-refractivity contribution in [3.8, 4) is 0 Å². The van der Waals surface area contributed by atoms with Crippen molar-refractivity contribution < 1.29 is 9.59 Å². The molecule has 32 heavy (non-hydrogen) atoms. The van der Waals surface area contributed by atoms with Crippen molar-refractivity contribution >= 4 is 40.4 Å². The van der Waals surface area contributed by atoms with Crippen LogP contribution in [0.25, 0.3) is 0 Å². The van der Waals surface area contributed by atoms with E-state index in [-0.39, 0.29) is 17.9 Å². The van der Waals surface area contributed by atoms with Crippen LogP contribution in [0.4, 0.5) is 5.69 Å². The molecule has 2 saturated carbocycles. The third-order valence-corrected chi connectivity index (χ3v) is 8.14. The topological polar surface area (TPSA) is 84.2 Å². The summed E-state index contributed by atoms with van der Waals surface area (Å²) in [6, 6.07) is 9.25. The molecule has 4 N–H and O–H groups in total. The van der Waals surface area contributed by atoms with Crippen LogP contribution in [0.3, 0.4) is 0 Å². The lowest BCUT2D eigenvalue weighted by atomic mass is 9.76. The van der Waals surface area contributed by atoms with Crippen LogP contribution in [0.2, 0.25) is 5.02 Å². The van der Waals surface area contributed by atoms with E-state index in [9.17, 15) is 9.59 Å². The van der Waals surface area contributed by atoms with E-state index >= 15 is 0 Å². The molecule has 0 saturated heterocycles. The first kappa shape index (κ1) is 23.3. The molecule has 2 fully saturated rings. The number of hydrogen-bond donors (Lipinski definition) is 3. The second kappa shape index (κ2) is 10.8. The Labute approximate surface area is 199 Å². The van der Waals surface area contributed by atoms with Gasteiger partial charge in [0.25, 0.3) is 11.8 Å². The summed E-state index contributed by atoms with van der Waals surface area (Å²) in [6.45, 7) is 0. The Bertz CT molecular complexity index is 917. The zero-order chi connectivity index (χ0) is 22.5. The van der Waals surface area contributed by atoms with Gasteiger partial charge in [0.2, 0.25) is 0 Å². The number of hydrogen-bond acceptors (Lipinski definition) is 4. The van der Waals surface area contributed by atoms with E-state index < -0.39 is 0 Å². The highest BCUT2D eigenvalue weighted by atomic mass is 35.5. The van der Waals surface area contributed by atoms with E-state index in [1.165, 1.54) is 56.3 Å². The SMILES string of the molecule is NC1CCC(CC2CCC(NC(=O)c3ccc(NC(=O)c4cccs4)cc3Cl)CC2)CC1. The van der Waals surface area contributed by atoms with Crippen LogP contribution in [0.15, 0.2) is 35.7 Å². The second-order valence-electron chi connectivity index (χ2n) is 9.33. The Balaban J connectivity index is 1.24. The molecule has 2 aromatic rings. The van der Waals surface area contributed by atoms with E-state index in [1.54, 1.807) is 24.3 Å². The third-order valence-electron chi connectivity index (χ3n) is 6.96. The van der Waals surface area contributed by atoms with Gasteiger partial charge >= 0.3 is 0 Å². The number of halogens is 1. The highest BCUT2D eigenvalue weighted by molar-refractivity contribution is 7.12. The Morgan fingerprint density at radius 2 is 1.66 bits per heavy atom. The molecule has 2 amide bonds. The van der Waals surface area contributed by atoms with E-state index in [4.69, 9.17) is 17.3 Å². The summed E-state index contributed by atoms with van der Waals surface area (Å²) >= 11 is 7.75. The van der Waals surface area contributed by atoms with Crippen LogP contribution < -0.4 is 16.4 Å². The van der Waals surface area contributed by atoms with Crippen molar-refractivity contribution in [3.63, 3.8) is 0 Å². The monoisotopic (exact) mass is 473 g/mol.